The van der Waals surface area contributed by atoms with E-state index in [1.165, 1.54) is 22.3 Å². The highest BCUT2D eigenvalue weighted by atomic mass is 79.9. The lowest BCUT2D eigenvalue weighted by Gasteiger charge is -2.08. The highest BCUT2D eigenvalue weighted by Gasteiger charge is 2.11. The van der Waals surface area contributed by atoms with Crippen molar-refractivity contribution < 1.29 is 0 Å². The SMILES string of the molecule is Cc1ccc(-c2ccnc3[nH]cc(Br)c23)c(C)c1. The summed E-state index contributed by atoms with van der Waals surface area (Å²) in [6.07, 6.45) is 3.78. The van der Waals surface area contributed by atoms with Gasteiger partial charge in [-0.3, -0.25) is 0 Å². The molecule has 0 fully saturated rings. The molecule has 0 spiro atoms. The number of aromatic nitrogens is 2. The van der Waals surface area contributed by atoms with Crippen LogP contribution in [-0.2, 0) is 0 Å². The van der Waals surface area contributed by atoms with Gasteiger partial charge in [-0.25, -0.2) is 4.98 Å². The second-order valence-corrected chi connectivity index (χ2v) is 5.39. The molecule has 0 saturated carbocycles. The number of nitrogens with one attached hydrogen (secondary N) is 1. The quantitative estimate of drug-likeness (QED) is 0.698. The molecule has 0 saturated heterocycles. The standard InChI is InChI=1S/C15H13BrN2/c1-9-3-4-11(10(2)7-9)12-5-6-17-15-14(12)13(16)8-18-15/h3-8H,1-2H3,(H,17,18). The third-order valence-electron chi connectivity index (χ3n) is 3.20. The van der Waals surface area contributed by atoms with Crippen LogP contribution in [0.15, 0.2) is 41.1 Å². The van der Waals surface area contributed by atoms with Crippen molar-refractivity contribution >= 4 is 27.0 Å². The van der Waals surface area contributed by atoms with Crippen molar-refractivity contribution in [2.24, 2.45) is 0 Å². The van der Waals surface area contributed by atoms with E-state index in [9.17, 15) is 0 Å². The van der Waals surface area contributed by atoms with Crippen molar-refractivity contribution in [1.82, 2.24) is 9.97 Å². The van der Waals surface area contributed by atoms with Crippen molar-refractivity contribution in [1.29, 1.82) is 0 Å². The first-order valence-corrected chi connectivity index (χ1v) is 6.65. The van der Waals surface area contributed by atoms with Gasteiger partial charge in [0, 0.05) is 22.3 Å². The summed E-state index contributed by atoms with van der Waals surface area (Å²) in [5, 5.41) is 1.14. The van der Waals surface area contributed by atoms with E-state index < -0.39 is 0 Å². The summed E-state index contributed by atoms with van der Waals surface area (Å²) in [4.78, 5) is 7.52. The Morgan fingerprint density at radius 2 is 1.94 bits per heavy atom. The number of halogens is 1. The van der Waals surface area contributed by atoms with Gasteiger partial charge in [0.1, 0.15) is 5.65 Å². The van der Waals surface area contributed by atoms with E-state index in [1.807, 2.05) is 12.4 Å². The van der Waals surface area contributed by atoms with Gasteiger partial charge in [-0.1, -0.05) is 23.8 Å². The molecule has 3 aromatic rings. The number of rotatable bonds is 1. The number of pyridine rings is 1. The molecule has 0 amide bonds. The Morgan fingerprint density at radius 3 is 2.72 bits per heavy atom. The first kappa shape index (κ1) is 11.5. The molecule has 90 valence electrons. The van der Waals surface area contributed by atoms with Crippen LogP contribution in [0.5, 0.6) is 0 Å². The molecule has 1 N–H and O–H groups in total. The average Bonchev–Trinajstić information content (AvgIpc) is 2.72. The summed E-state index contributed by atoms with van der Waals surface area (Å²) in [7, 11) is 0. The highest BCUT2D eigenvalue weighted by Crippen LogP contribution is 2.34. The van der Waals surface area contributed by atoms with Gasteiger partial charge in [0.05, 0.1) is 0 Å². The van der Waals surface area contributed by atoms with E-state index in [0.717, 1.165) is 15.5 Å². The van der Waals surface area contributed by atoms with Crippen LogP contribution in [0.2, 0.25) is 0 Å². The van der Waals surface area contributed by atoms with Crippen molar-refractivity contribution in [3.63, 3.8) is 0 Å². The molecule has 0 radical (unpaired) electrons. The Morgan fingerprint density at radius 1 is 1.11 bits per heavy atom. The van der Waals surface area contributed by atoms with Gasteiger partial charge in [0.25, 0.3) is 0 Å². The topological polar surface area (TPSA) is 28.7 Å². The lowest BCUT2D eigenvalue weighted by atomic mass is 9.97. The first-order chi connectivity index (χ1) is 8.66. The molecule has 1 aromatic carbocycles. The van der Waals surface area contributed by atoms with Gasteiger partial charge in [-0.05, 0) is 52.5 Å². The second-order valence-electron chi connectivity index (χ2n) is 4.54. The van der Waals surface area contributed by atoms with Gasteiger partial charge in [-0.2, -0.15) is 0 Å². The Balaban J connectivity index is 2.34. The van der Waals surface area contributed by atoms with Gasteiger partial charge in [0.15, 0.2) is 0 Å². The number of hydrogen-bond donors (Lipinski definition) is 1. The van der Waals surface area contributed by atoms with E-state index in [0.29, 0.717) is 0 Å². The Bertz CT molecular complexity index is 728. The van der Waals surface area contributed by atoms with Gasteiger partial charge >= 0.3 is 0 Å². The largest absolute Gasteiger partial charge is 0.345 e. The van der Waals surface area contributed by atoms with Gasteiger partial charge in [-0.15, -0.1) is 0 Å². The van der Waals surface area contributed by atoms with Crippen molar-refractivity contribution in [2.75, 3.05) is 0 Å². The fourth-order valence-electron chi connectivity index (χ4n) is 2.36. The lowest BCUT2D eigenvalue weighted by molar-refractivity contribution is 1.32. The Labute approximate surface area is 114 Å². The number of nitrogens with zero attached hydrogens (tertiary/aromatic N) is 1. The predicted molar refractivity (Wildman–Crippen MR) is 78.7 cm³/mol. The zero-order valence-electron chi connectivity index (χ0n) is 10.3. The molecule has 3 rings (SSSR count). The molecule has 2 heterocycles. The van der Waals surface area contributed by atoms with Crippen molar-refractivity contribution in [3.8, 4) is 11.1 Å². The molecular formula is C15H13BrN2. The first-order valence-electron chi connectivity index (χ1n) is 5.86. The maximum Gasteiger partial charge on any atom is 0.139 e. The van der Waals surface area contributed by atoms with E-state index in [-0.39, 0.29) is 0 Å². The molecule has 0 atom stereocenters. The number of H-pyrrole nitrogens is 1. The minimum Gasteiger partial charge on any atom is -0.345 e. The minimum atomic E-state index is 0.916. The zero-order valence-corrected chi connectivity index (χ0v) is 11.9. The monoisotopic (exact) mass is 300 g/mol. The van der Waals surface area contributed by atoms with Crippen LogP contribution >= 0.6 is 15.9 Å². The summed E-state index contributed by atoms with van der Waals surface area (Å²) in [6.45, 7) is 4.26. The molecule has 0 aliphatic heterocycles. The number of benzene rings is 1. The normalized spacial score (nSPS) is 11.1. The van der Waals surface area contributed by atoms with E-state index in [1.54, 1.807) is 0 Å². The third-order valence-corrected chi connectivity index (χ3v) is 3.82. The maximum atomic E-state index is 4.35. The molecular weight excluding hydrogens is 288 g/mol. The van der Waals surface area contributed by atoms with Crippen LogP contribution in [0, 0.1) is 13.8 Å². The van der Waals surface area contributed by atoms with Crippen LogP contribution in [0.25, 0.3) is 22.2 Å². The maximum absolute atomic E-state index is 4.35. The number of fused-ring (bicyclic) bond motifs is 1. The number of aryl methyl sites for hydroxylation is 2. The second kappa shape index (κ2) is 4.25. The summed E-state index contributed by atoms with van der Waals surface area (Å²) in [5.74, 6) is 0. The Hall–Kier alpha value is -1.61. The fraction of sp³-hybridized carbons (Fsp3) is 0.133. The summed E-state index contributed by atoms with van der Waals surface area (Å²) in [5.41, 5.74) is 5.96. The summed E-state index contributed by atoms with van der Waals surface area (Å²) >= 11 is 3.58. The molecule has 0 bridgehead atoms. The summed E-state index contributed by atoms with van der Waals surface area (Å²) in [6, 6.07) is 8.61. The predicted octanol–water partition coefficient (Wildman–Crippen LogP) is 4.61. The Kier molecular flexibility index (Phi) is 2.71. The molecule has 0 unspecified atom stereocenters. The molecule has 18 heavy (non-hydrogen) atoms. The average molecular weight is 301 g/mol. The van der Waals surface area contributed by atoms with Gasteiger partial charge in [0.2, 0.25) is 0 Å². The number of aromatic amines is 1. The third kappa shape index (κ3) is 1.75. The smallest absolute Gasteiger partial charge is 0.139 e. The van der Waals surface area contributed by atoms with Crippen LogP contribution < -0.4 is 0 Å². The highest BCUT2D eigenvalue weighted by molar-refractivity contribution is 9.10. The minimum absolute atomic E-state index is 0.916. The van der Waals surface area contributed by atoms with E-state index in [4.69, 9.17) is 0 Å². The molecule has 2 aromatic heterocycles. The van der Waals surface area contributed by atoms with Crippen LogP contribution in [0.4, 0.5) is 0 Å². The molecule has 2 nitrogen and oxygen atoms in total. The summed E-state index contributed by atoms with van der Waals surface area (Å²) < 4.78 is 1.06. The molecule has 0 aliphatic carbocycles. The van der Waals surface area contributed by atoms with Crippen LogP contribution in [0.3, 0.4) is 0 Å². The van der Waals surface area contributed by atoms with Crippen LogP contribution in [-0.4, -0.2) is 9.97 Å². The molecule has 0 aliphatic rings. The van der Waals surface area contributed by atoms with Crippen LogP contribution in [0.1, 0.15) is 11.1 Å². The molecule has 3 heteroatoms. The zero-order chi connectivity index (χ0) is 12.7. The van der Waals surface area contributed by atoms with E-state index in [2.05, 4.69) is 64.0 Å². The van der Waals surface area contributed by atoms with Crippen molar-refractivity contribution in [2.45, 2.75) is 13.8 Å². The van der Waals surface area contributed by atoms with Gasteiger partial charge < -0.3 is 4.98 Å². The number of hydrogen-bond acceptors (Lipinski definition) is 1. The van der Waals surface area contributed by atoms with E-state index >= 15 is 0 Å². The van der Waals surface area contributed by atoms with Crippen molar-refractivity contribution in [3.05, 3.63) is 52.3 Å². The fourth-order valence-corrected chi connectivity index (χ4v) is 2.87. The lowest BCUT2D eigenvalue weighted by Crippen LogP contribution is -1.87.